The molecule has 1 aromatic heterocycles. The van der Waals surface area contributed by atoms with Crippen molar-refractivity contribution in [1.82, 2.24) is 14.7 Å². The van der Waals surface area contributed by atoms with Crippen LogP contribution in [0.4, 0.5) is 4.79 Å². The molecular formula is C15H18ClN3O2. The monoisotopic (exact) mass is 307 g/mol. The average molecular weight is 308 g/mol. The first kappa shape index (κ1) is 15.4. The number of rotatable bonds is 4. The third kappa shape index (κ3) is 3.76. The lowest BCUT2D eigenvalue weighted by atomic mass is 10.2. The third-order valence-electron chi connectivity index (χ3n) is 3.09. The molecule has 0 unspecified atom stereocenters. The number of aromatic nitrogens is 2. The van der Waals surface area contributed by atoms with Crippen molar-refractivity contribution in [2.75, 3.05) is 0 Å². The van der Waals surface area contributed by atoms with E-state index in [2.05, 4.69) is 5.10 Å². The van der Waals surface area contributed by atoms with Crippen molar-refractivity contribution in [2.24, 2.45) is 7.05 Å². The molecule has 0 radical (unpaired) electrons. The molecule has 6 heteroatoms. The van der Waals surface area contributed by atoms with E-state index in [9.17, 15) is 4.79 Å². The van der Waals surface area contributed by atoms with Crippen LogP contribution < -0.4 is 4.74 Å². The Morgan fingerprint density at radius 2 is 2.05 bits per heavy atom. The Labute approximate surface area is 129 Å². The van der Waals surface area contributed by atoms with Gasteiger partial charge < -0.3 is 9.64 Å². The lowest BCUT2D eigenvalue weighted by Gasteiger charge is -2.25. The highest BCUT2D eigenvalue weighted by Crippen LogP contribution is 2.23. The van der Waals surface area contributed by atoms with Gasteiger partial charge in [0.2, 0.25) is 0 Å². The second kappa shape index (κ2) is 6.63. The highest BCUT2D eigenvalue weighted by atomic mass is 35.5. The predicted molar refractivity (Wildman–Crippen MR) is 81.4 cm³/mol. The fraction of sp³-hybridized carbons (Fsp3) is 0.333. The molecule has 1 aromatic carbocycles. The minimum atomic E-state index is -0.441. The summed E-state index contributed by atoms with van der Waals surface area (Å²) in [6.45, 7) is 4.36. The highest BCUT2D eigenvalue weighted by molar-refractivity contribution is 6.31. The van der Waals surface area contributed by atoms with Gasteiger partial charge in [0.25, 0.3) is 0 Å². The molecule has 5 nitrogen and oxygen atoms in total. The van der Waals surface area contributed by atoms with E-state index in [0.29, 0.717) is 11.7 Å². The Balaban J connectivity index is 2.11. The van der Waals surface area contributed by atoms with E-state index in [1.165, 1.54) is 10.9 Å². The minimum absolute atomic E-state index is 0.00755. The summed E-state index contributed by atoms with van der Waals surface area (Å²) in [6, 6.07) is 9.78. The zero-order valence-electron chi connectivity index (χ0n) is 12.3. The van der Waals surface area contributed by atoms with Gasteiger partial charge in [-0.1, -0.05) is 41.9 Å². The number of carbonyl (C=O) groups excluding carboxylic acids is 1. The molecule has 0 bridgehead atoms. The molecule has 21 heavy (non-hydrogen) atoms. The van der Waals surface area contributed by atoms with Gasteiger partial charge in [0.05, 0.1) is 6.20 Å². The first-order valence-corrected chi connectivity index (χ1v) is 7.06. The quantitative estimate of drug-likeness (QED) is 0.868. The van der Waals surface area contributed by atoms with Crippen LogP contribution in [0.15, 0.2) is 36.5 Å². The number of halogens is 1. The maximum atomic E-state index is 12.3. The van der Waals surface area contributed by atoms with Crippen molar-refractivity contribution in [3.05, 3.63) is 47.2 Å². The van der Waals surface area contributed by atoms with E-state index in [0.717, 1.165) is 5.56 Å². The zero-order valence-corrected chi connectivity index (χ0v) is 13.0. The van der Waals surface area contributed by atoms with Gasteiger partial charge in [0, 0.05) is 19.6 Å². The summed E-state index contributed by atoms with van der Waals surface area (Å²) in [5, 5.41) is 4.24. The van der Waals surface area contributed by atoms with Crippen LogP contribution in [0.5, 0.6) is 5.75 Å². The zero-order chi connectivity index (χ0) is 15.4. The molecule has 2 rings (SSSR count). The summed E-state index contributed by atoms with van der Waals surface area (Å²) in [5.74, 6) is 0.267. The maximum absolute atomic E-state index is 12.3. The fourth-order valence-electron chi connectivity index (χ4n) is 1.86. The van der Waals surface area contributed by atoms with Crippen LogP contribution in [0.2, 0.25) is 5.15 Å². The highest BCUT2D eigenvalue weighted by Gasteiger charge is 2.21. The van der Waals surface area contributed by atoms with Crippen molar-refractivity contribution < 1.29 is 9.53 Å². The van der Waals surface area contributed by atoms with Gasteiger partial charge in [-0.05, 0) is 19.4 Å². The first-order chi connectivity index (χ1) is 9.99. The Bertz CT molecular complexity index is 611. The molecule has 0 saturated heterocycles. The Kier molecular flexibility index (Phi) is 4.85. The average Bonchev–Trinajstić information content (AvgIpc) is 2.77. The van der Waals surface area contributed by atoms with Gasteiger partial charge in [-0.25, -0.2) is 4.79 Å². The molecule has 0 aliphatic rings. The molecule has 112 valence electrons. The summed E-state index contributed by atoms with van der Waals surface area (Å²) in [6.07, 6.45) is 0.991. The minimum Gasteiger partial charge on any atom is -0.405 e. The van der Waals surface area contributed by atoms with Gasteiger partial charge in [-0.3, -0.25) is 4.68 Å². The summed E-state index contributed by atoms with van der Waals surface area (Å²) in [4.78, 5) is 14.0. The number of hydrogen-bond donors (Lipinski definition) is 0. The van der Waals surface area contributed by atoms with Crippen LogP contribution in [-0.2, 0) is 13.6 Å². The molecule has 0 saturated carbocycles. The van der Waals surface area contributed by atoms with E-state index in [1.807, 2.05) is 44.2 Å². The maximum Gasteiger partial charge on any atom is 0.415 e. The van der Waals surface area contributed by atoms with Crippen molar-refractivity contribution in [3.63, 3.8) is 0 Å². The van der Waals surface area contributed by atoms with Crippen molar-refractivity contribution in [2.45, 2.75) is 26.4 Å². The van der Waals surface area contributed by atoms with Crippen molar-refractivity contribution in [3.8, 4) is 5.75 Å². The number of ether oxygens (including phenoxy) is 1. The van der Waals surface area contributed by atoms with Gasteiger partial charge >= 0.3 is 6.09 Å². The van der Waals surface area contributed by atoms with Crippen LogP contribution in [0.1, 0.15) is 19.4 Å². The summed E-state index contributed by atoms with van der Waals surface area (Å²) in [5.41, 5.74) is 1.04. The van der Waals surface area contributed by atoms with Crippen LogP contribution in [0, 0.1) is 0 Å². The number of benzene rings is 1. The van der Waals surface area contributed by atoms with Crippen molar-refractivity contribution in [1.29, 1.82) is 0 Å². The number of amides is 1. The van der Waals surface area contributed by atoms with E-state index in [-0.39, 0.29) is 11.8 Å². The van der Waals surface area contributed by atoms with Crippen molar-refractivity contribution >= 4 is 17.7 Å². The van der Waals surface area contributed by atoms with Gasteiger partial charge in [-0.2, -0.15) is 5.10 Å². The normalized spacial score (nSPS) is 10.7. The van der Waals surface area contributed by atoms with Crippen LogP contribution in [0.25, 0.3) is 0 Å². The molecule has 0 atom stereocenters. The molecular weight excluding hydrogens is 290 g/mol. The smallest absolute Gasteiger partial charge is 0.405 e. The predicted octanol–water partition coefficient (Wildman–Crippen LogP) is 3.48. The molecule has 0 aliphatic carbocycles. The Morgan fingerprint density at radius 3 is 2.57 bits per heavy atom. The fourth-order valence-corrected chi connectivity index (χ4v) is 1.99. The number of aryl methyl sites for hydroxylation is 1. The second-order valence-corrected chi connectivity index (χ2v) is 5.36. The molecule has 0 N–H and O–H groups in total. The van der Waals surface area contributed by atoms with Crippen LogP contribution in [-0.4, -0.2) is 26.8 Å². The van der Waals surface area contributed by atoms with E-state index >= 15 is 0 Å². The largest absolute Gasteiger partial charge is 0.415 e. The second-order valence-electron chi connectivity index (χ2n) is 5.00. The molecule has 1 amide bonds. The van der Waals surface area contributed by atoms with E-state index in [1.54, 1.807) is 11.9 Å². The number of hydrogen-bond acceptors (Lipinski definition) is 3. The molecule has 0 fully saturated rings. The van der Waals surface area contributed by atoms with E-state index in [4.69, 9.17) is 16.3 Å². The lowest BCUT2D eigenvalue weighted by molar-refractivity contribution is 0.135. The molecule has 1 heterocycles. The topological polar surface area (TPSA) is 47.4 Å². The summed E-state index contributed by atoms with van der Waals surface area (Å²) >= 11 is 6.00. The van der Waals surface area contributed by atoms with Gasteiger partial charge in [-0.15, -0.1) is 0 Å². The third-order valence-corrected chi connectivity index (χ3v) is 3.52. The standard InChI is InChI=1S/C15H18ClN3O2/c1-11(2)19(10-12-7-5-4-6-8-12)15(20)21-13-9-17-18(3)14(13)16/h4-9,11H,10H2,1-3H3. The molecule has 2 aromatic rings. The number of nitrogens with zero attached hydrogens (tertiary/aromatic N) is 3. The molecule has 0 spiro atoms. The first-order valence-electron chi connectivity index (χ1n) is 6.69. The SMILES string of the molecule is CC(C)N(Cc1ccccc1)C(=O)Oc1cnn(C)c1Cl. The van der Waals surface area contributed by atoms with Crippen LogP contribution in [0.3, 0.4) is 0 Å². The van der Waals surface area contributed by atoms with E-state index < -0.39 is 6.09 Å². The summed E-state index contributed by atoms with van der Waals surface area (Å²) < 4.78 is 6.78. The molecule has 0 aliphatic heterocycles. The van der Waals surface area contributed by atoms with Gasteiger partial charge in [0.15, 0.2) is 10.9 Å². The Hall–Kier alpha value is -2.01. The van der Waals surface area contributed by atoms with Crippen LogP contribution >= 0.6 is 11.6 Å². The lowest BCUT2D eigenvalue weighted by Crippen LogP contribution is -2.38. The summed E-state index contributed by atoms with van der Waals surface area (Å²) in [7, 11) is 1.68. The van der Waals surface area contributed by atoms with Gasteiger partial charge in [0.1, 0.15) is 0 Å². The number of carbonyl (C=O) groups is 1. The Morgan fingerprint density at radius 1 is 1.38 bits per heavy atom.